The highest BCUT2D eigenvalue weighted by atomic mass is 16.5. The van der Waals surface area contributed by atoms with Crippen LogP contribution in [0.1, 0.15) is 45.3 Å². The number of ether oxygens (including phenoxy) is 1. The maximum Gasteiger partial charge on any atom is 0.191 e. The number of rotatable bonds is 14. The quantitative estimate of drug-likeness (QED) is 0.272. The summed E-state index contributed by atoms with van der Waals surface area (Å²) in [4.78, 5) is 4.71. The molecular weight excluding hydrogens is 318 g/mol. The van der Waals surface area contributed by atoms with E-state index in [-0.39, 0.29) is 6.61 Å². The van der Waals surface area contributed by atoms with Crippen LogP contribution in [0.15, 0.2) is 27.8 Å². The first kappa shape index (κ1) is 21.5. The van der Waals surface area contributed by atoms with E-state index in [9.17, 15) is 5.11 Å². The fourth-order valence-electron chi connectivity index (χ4n) is 2.60. The zero-order valence-corrected chi connectivity index (χ0v) is 15.8. The van der Waals surface area contributed by atoms with Crippen LogP contribution >= 0.6 is 0 Å². The second-order valence-corrected chi connectivity index (χ2v) is 6.09. The summed E-state index contributed by atoms with van der Waals surface area (Å²) < 4.78 is 10.7. The molecule has 25 heavy (non-hydrogen) atoms. The van der Waals surface area contributed by atoms with Gasteiger partial charge in [-0.05, 0) is 44.2 Å². The highest BCUT2D eigenvalue weighted by Crippen LogP contribution is 2.11. The Morgan fingerprint density at radius 3 is 2.80 bits per heavy atom. The van der Waals surface area contributed by atoms with Crippen LogP contribution < -0.4 is 10.6 Å². The summed E-state index contributed by atoms with van der Waals surface area (Å²) in [5, 5.41) is 15.9. The second-order valence-electron chi connectivity index (χ2n) is 6.09. The van der Waals surface area contributed by atoms with Crippen LogP contribution in [0, 0.1) is 5.92 Å². The predicted octanol–water partition coefficient (Wildman–Crippen LogP) is 2.58. The van der Waals surface area contributed by atoms with Gasteiger partial charge in [-0.25, -0.2) is 0 Å². The van der Waals surface area contributed by atoms with Crippen LogP contribution in [0.2, 0.25) is 0 Å². The van der Waals surface area contributed by atoms with E-state index in [1.807, 2.05) is 19.1 Å². The minimum Gasteiger partial charge on any atom is -0.469 e. The lowest BCUT2D eigenvalue weighted by atomic mass is 10.0. The van der Waals surface area contributed by atoms with Crippen molar-refractivity contribution in [2.45, 2.75) is 46.0 Å². The molecule has 0 aromatic carbocycles. The monoisotopic (exact) mass is 353 g/mol. The summed E-state index contributed by atoms with van der Waals surface area (Å²) in [5.41, 5.74) is 0. The highest BCUT2D eigenvalue weighted by Gasteiger charge is 2.07. The van der Waals surface area contributed by atoms with Crippen molar-refractivity contribution in [1.82, 2.24) is 10.6 Å². The largest absolute Gasteiger partial charge is 0.469 e. The van der Waals surface area contributed by atoms with E-state index in [0.717, 1.165) is 76.7 Å². The zero-order valence-electron chi connectivity index (χ0n) is 15.8. The van der Waals surface area contributed by atoms with Crippen molar-refractivity contribution < 1.29 is 14.3 Å². The third kappa shape index (κ3) is 10.8. The Balaban J connectivity index is 2.44. The van der Waals surface area contributed by atoms with Crippen LogP contribution in [-0.2, 0) is 11.2 Å². The van der Waals surface area contributed by atoms with Crippen molar-refractivity contribution in [2.75, 3.05) is 39.5 Å². The molecular formula is C19H35N3O3. The molecule has 1 aromatic rings. The highest BCUT2D eigenvalue weighted by molar-refractivity contribution is 5.79. The molecule has 0 bridgehead atoms. The average Bonchev–Trinajstić information content (AvgIpc) is 3.12. The van der Waals surface area contributed by atoms with Crippen molar-refractivity contribution in [2.24, 2.45) is 10.9 Å². The molecule has 0 saturated carbocycles. The van der Waals surface area contributed by atoms with Crippen LogP contribution in [0.5, 0.6) is 0 Å². The van der Waals surface area contributed by atoms with Gasteiger partial charge in [0.05, 0.1) is 6.26 Å². The lowest BCUT2D eigenvalue weighted by molar-refractivity contribution is 0.145. The number of hydrogen-bond donors (Lipinski definition) is 3. The van der Waals surface area contributed by atoms with Gasteiger partial charge < -0.3 is 24.9 Å². The topological polar surface area (TPSA) is 79.0 Å². The van der Waals surface area contributed by atoms with Crippen LogP contribution in [0.4, 0.5) is 0 Å². The number of aliphatic hydroxyl groups is 1. The maximum absolute atomic E-state index is 9.20. The van der Waals surface area contributed by atoms with Crippen molar-refractivity contribution in [1.29, 1.82) is 0 Å². The number of aliphatic hydroxyl groups excluding tert-OH is 1. The summed E-state index contributed by atoms with van der Waals surface area (Å²) in [5.74, 6) is 2.22. The molecule has 1 heterocycles. The number of nitrogens with zero attached hydrogens (tertiary/aromatic N) is 1. The SMILES string of the molecule is CCCC(CCO)CN=C(NCCCOCC)NCCc1ccco1. The fourth-order valence-corrected chi connectivity index (χ4v) is 2.60. The molecule has 1 atom stereocenters. The van der Waals surface area contributed by atoms with Gasteiger partial charge in [-0.15, -0.1) is 0 Å². The Labute approximate surface area is 152 Å². The van der Waals surface area contributed by atoms with E-state index in [0.29, 0.717) is 5.92 Å². The Morgan fingerprint density at radius 2 is 2.12 bits per heavy atom. The molecule has 1 rings (SSSR count). The van der Waals surface area contributed by atoms with Gasteiger partial charge in [0.25, 0.3) is 0 Å². The molecule has 6 nitrogen and oxygen atoms in total. The predicted molar refractivity (Wildman–Crippen MR) is 102 cm³/mol. The van der Waals surface area contributed by atoms with Crippen molar-refractivity contribution >= 4 is 5.96 Å². The van der Waals surface area contributed by atoms with E-state index in [1.165, 1.54) is 0 Å². The van der Waals surface area contributed by atoms with Gasteiger partial charge >= 0.3 is 0 Å². The van der Waals surface area contributed by atoms with Gasteiger partial charge in [-0.2, -0.15) is 0 Å². The van der Waals surface area contributed by atoms with Crippen molar-refractivity contribution in [3.63, 3.8) is 0 Å². The standard InChI is InChI=1S/C19H35N3O3/c1-3-7-17(10-13-23)16-22-19(20-11-6-14-24-4-2)21-12-9-18-8-5-15-25-18/h5,8,15,17,23H,3-4,6-7,9-14,16H2,1-2H3,(H2,20,21,22). The minimum absolute atomic E-state index is 0.225. The number of nitrogens with one attached hydrogen (secondary N) is 2. The van der Waals surface area contributed by atoms with Crippen LogP contribution in [0.3, 0.4) is 0 Å². The molecule has 0 aliphatic carbocycles. The molecule has 1 unspecified atom stereocenters. The first-order chi connectivity index (χ1) is 12.3. The Hall–Kier alpha value is -1.53. The molecule has 0 spiro atoms. The van der Waals surface area contributed by atoms with Gasteiger partial charge in [0.15, 0.2) is 5.96 Å². The summed E-state index contributed by atoms with van der Waals surface area (Å²) in [6.45, 7) is 8.23. The van der Waals surface area contributed by atoms with E-state index >= 15 is 0 Å². The first-order valence-electron chi connectivity index (χ1n) is 9.53. The number of furan rings is 1. The smallest absolute Gasteiger partial charge is 0.191 e. The van der Waals surface area contributed by atoms with Gasteiger partial charge in [0.2, 0.25) is 0 Å². The van der Waals surface area contributed by atoms with E-state index in [2.05, 4.69) is 17.6 Å². The third-order valence-corrected chi connectivity index (χ3v) is 3.95. The van der Waals surface area contributed by atoms with Gasteiger partial charge in [0.1, 0.15) is 5.76 Å². The molecule has 0 radical (unpaired) electrons. The van der Waals surface area contributed by atoms with Gasteiger partial charge in [-0.1, -0.05) is 13.3 Å². The Bertz CT molecular complexity index is 429. The summed E-state index contributed by atoms with van der Waals surface area (Å²) in [6, 6.07) is 3.88. The van der Waals surface area contributed by atoms with Crippen molar-refractivity contribution in [3.8, 4) is 0 Å². The first-order valence-corrected chi connectivity index (χ1v) is 9.53. The minimum atomic E-state index is 0.225. The number of hydrogen-bond acceptors (Lipinski definition) is 4. The number of aliphatic imine (C=N–C) groups is 1. The van der Waals surface area contributed by atoms with E-state index < -0.39 is 0 Å². The Kier molecular flexibility index (Phi) is 12.7. The fraction of sp³-hybridized carbons (Fsp3) is 0.737. The van der Waals surface area contributed by atoms with Gasteiger partial charge in [-0.3, -0.25) is 4.99 Å². The molecule has 1 aromatic heterocycles. The molecule has 0 amide bonds. The second kappa shape index (κ2) is 14.8. The Morgan fingerprint density at radius 1 is 1.28 bits per heavy atom. The van der Waals surface area contributed by atoms with Crippen molar-refractivity contribution in [3.05, 3.63) is 24.2 Å². The van der Waals surface area contributed by atoms with Crippen LogP contribution in [-0.4, -0.2) is 50.5 Å². The molecule has 0 fully saturated rings. The lowest BCUT2D eigenvalue weighted by Gasteiger charge is -2.16. The molecule has 6 heteroatoms. The van der Waals surface area contributed by atoms with Crippen LogP contribution in [0.25, 0.3) is 0 Å². The third-order valence-electron chi connectivity index (χ3n) is 3.95. The normalized spacial score (nSPS) is 13.0. The summed E-state index contributed by atoms with van der Waals surface area (Å²) in [7, 11) is 0. The molecule has 0 aliphatic heterocycles. The average molecular weight is 354 g/mol. The van der Waals surface area contributed by atoms with E-state index in [1.54, 1.807) is 6.26 Å². The molecule has 3 N–H and O–H groups in total. The summed E-state index contributed by atoms with van der Waals surface area (Å²) in [6.07, 6.45) is 6.47. The maximum atomic E-state index is 9.20. The van der Waals surface area contributed by atoms with Gasteiger partial charge in [0, 0.05) is 45.9 Å². The molecule has 0 aliphatic rings. The molecule has 144 valence electrons. The zero-order chi connectivity index (χ0) is 18.2. The van der Waals surface area contributed by atoms with E-state index in [4.69, 9.17) is 14.1 Å². The summed E-state index contributed by atoms with van der Waals surface area (Å²) >= 11 is 0. The number of guanidine groups is 1. The molecule has 0 saturated heterocycles. The lowest BCUT2D eigenvalue weighted by Crippen LogP contribution is -2.39.